The quantitative estimate of drug-likeness (QED) is 0.553. The fraction of sp³-hybridized carbons (Fsp3) is 0.280. The first-order valence-electron chi connectivity index (χ1n) is 10.3. The van der Waals surface area contributed by atoms with Gasteiger partial charge in [0.25, 0.3) is 0 Å². The molecule has 2 N–H and O–H groups in total. The summed E-state index contributed by atoms with van der Waals surface area (Å²) in [5, 5.41) is 12.9. The molecule has 1 atom stereocenters. The van der Waals surface area contributed by atoms with Crippen LogP contribution < -0.4 is 5.32 Å². The smallest absolute Gasteiger partial charge is 0.178 e. The van der Waals surface area contributed by atoms with Crippen molar-refractivity contribution in [2.24, 2.45) is 0 Å². The Hall–Kier alpha value is -2.31. The predicted octanol–water partition coefficient (Wildman–Crippen LogP) is 4.71. The summed E-state index contributed by atoms with van der Waals surface area (Å²) in [5.41, 5.74) is 5.50. The number of hydrogen-bond acceptors (Lipinski definition) is 5. The van der Waals surface area contributed by atoms with Crippen LogP contribution in [0.5, 0.6) is 0 Å². The van der Waals surface area contributed by atoms with Gasteiger partial charge in [0.15, 0.2) is 5.56 Å². The van der Waals surface area contributed by atoms with E-state index >= 15 is 0 Å². The lowest BCUT2D eigenvalue weighted by molar-refractivity contribution is 0.226. The number of benzene rings is 3. The molecule has 4 rings (SSSR count). The number of anilines is 1. The van der Waals surface area contributed by atoms with Crippen molar-refractivity contribution in [3.8, 4) is 11.1 Å². The lowest BCUT2D eigenvalue weighted by atomic mass is 10.0. The van der Waals surface area contributed by atoms with Gasteiger partial charge in [0.1, 0.15) is 0 Å². The van der Waals surface area contributed by atoms with Gasteiger partial charge in [-0.1, -0.05) is 66.4 Å². The zero-order valence-corrected chi connectivity index (χ0v) is 18.4. The first-order chi connectivity index (χ1) is 14.6. The Balaban J connectivity index is 1.52. The maximum Gasteiger partial charge on any atom is 0.178 e. The molecule has 156 valence electrons. The average molecular weight is 420 g/mol. The van der Waals surface area contributed by atoms with E-state index in [4.69, 9.17) is 0 Å². The Morgan fingerprint density at radius 1 is 0.833 bits per heavy atom. The zero-order valence-electron chi connectivity index (χ0n) is 17.6. The summed E-state index contributed by atoms with van der Waals surface area (Å²) in [7, 11) is 4.25. The molecule has 0 spiro atoms. The minimum atomic E-state index is -0.551. The Morgan fingerprint density at radius 2 is 1.57 bits per heavy atom. The van der Waals surface area contributed by atoms with Crippen LogP contribution in [0.3, 0.4) is 0 Å². The van der Waals surface area contributed by atoms with Crippen LogP contribution in [0.1, 0.15) is 11.1 Å². The first-order valence-corrected chi connectivity index (χ1v) is 11.2. The molecule has 1 unspecified atom stereocenters. The lowest BCUT2D eigenvalue weighted by Crippen LogP contribution is -2.31. The molecule has 0 aliphatic carbocycles. The largest absolute Gasteiger partial charge is 0.364 e. The van der Waals surface area contributed by atoms with Gasteiger partial charge in [-0.15, -0.1) is 0 Å². The number of aliphatic hydroxyl groups excluding tert-OH is 1. The molecule has 3 aromatic rings. The molecule has 1 aliphatic heterocycles. The van der Waals surface area contributed by atoms with Crippen LogP contribution in [-0.2, 0) is 13.1 Å². The van der Waals surface area contributed by atoms with E-state index in [0.717, 1.165) is 36.8 Å². The van der Waals surface area contributed by atoms with E-state index in [-0.39, 0.29) is 0 Å². The monoisotopic (exact) mass is 419 g/mol. The average Bonchev–Trinajstić information content (AvgIpc) is 3.12. The minimum absolute atomic E-state index is 0.551. The Labute approximate surface area is 183 Å². The molecule has 1 heterocycles. The lowest BCUT2D eigenvalue weighted by Gasteiger charge is -2.24. The van der Waals surface area contributed by atoms with Crippen LogP contribution in [0.2, 0.25) is 0 Å². The number of thioether (sulfide) groups is 1. The van der Waals surface area contributed by atoms with Gasteiger partial charge >= 0.3 is 0 Å². The van der Waals surface area contributed by atoms with Crippen molar-refractivity contribution in [2.45, 2.75) is 23.5 Å². The molecule has 0 bridgehead atoms. The van der Waals surface area contributed by atoms with Crippen molar-refractivity contribution >= 4 is 17.4 Å². The summed E-state index contributed by atoms with van der Waals surface area (Å²) in [6.45, 7) is 3.91. The number of likely N-dealkylation sites (N-methyl/N-ethyl adjacent to an activating group) is 1. The van der Waals surface area contributed by atoms with Crippen LogP contribution in [0.4, 0.5) is 5.69 Å². The van der Waals surface area contributed by atoms with Crippen LogP contribution in [-0.4, -0.2) is 47.7 Å². The second-order valence-corrected chi connectivity index (χ2v) is 9.15. The first kappa shape index (κ1) is 20.9. The molecule has 0 amide bonds. The Kier molecular flexibility index (Phi) is 6.75. The summed E-state index contributed by atoms with van der Waals surface area (Å²) in [6, 6.07) is 25.8. The second-order valence-electron chi connectivity index (χ2n) is 8.03. The number of fused-ring (bicyclic) bond motifs is 1. The highest BCUT2D eigenvalue weighted by molar-refractivity contribution is 8.00. The molecule has 0 radical (unpaired) electrons. The van der Waals surface area contributed by atoms with Crippen molar-refractivity contribution in [2.75, 3.05) is 32.5 Å². The predicted molar refractivity (Wildman–Crippen MR) is 126 cm³/mol. The molecule has 4 nitrogen and oxygen atoms in total. The van der Waals surface area contributed by atoms with Gasteiger partial charge < -0.3 is 15.3 Å². The van der Waals surface area contributed by atoms with E-state index in [0.29, 0.717) is 0 Å². The van der Waals surface area contributed by atoms with Crippen molar-refractivity contribution in [3.05, 3.63) is 83.9 Å². The van der Waals surface area contributed by atoms with E-state index in [1.807, 2.05) is 0 Å². The SMILES string of the molecule is CN(C)CCN(Cc1ccccc1)Cc1cccc(-c2ccc3c(c2)SC(O)N3)c1. The molecule has 1 aliphatic rings. The van der Waals surface area contributed by atoms with Gasteiger partial charge in [0, 0.05) is 31.1 Å². The molecule has 0 saturated heterocycles. The van der Waals surface area contributed by atoms with Crippen molar-refractivity contribution in [1.82, 2.24) is 9.80 Å². The van der Waals surface area contributed by atoms with Gasteiger partial charge in [-0.25, -0.2) is 0 Å². The Morgan fingerprint density at radius 3 is 2.37 bits per heavy atom. The number of rotatable bonds is 8. The van der Waals surface area contributed by atoms with Crippen LogP contribution in [0, 0.1) is 0 Å². The highest BCUT2D eigenvalue weighted by Gasteiger charge is 2.19. The van der Waals surface area contributed by atoms with Gasteiger partial charge in [-0.3, -0.25) is 4.90 Å². The third kappa shape index (κ3) is 5.43. The fourth-order valence-electron chi connectivity index (χ4n) is 3.71. The van der Waals surface area contributed by atoms with E-state index in [2.05, 4.69) is 102 Å². The standard InChI is InChI=1S/C25H29N3OS/c1-27(2)13-14-28(17-19-7-4-3-5-8-19)18-20-9-6-10-21(15-20)22-11-12-23-24(16-22)30-25(29)26-23/h3-12,15-16,25-26,29H,13-14,17-18H2,1-2H3. The van der Waals surface area contributed by atoms with Crippen molar-refractivity contribution in [3.63, 3.8) is 0 Å². The van der Waals surface area contributed by atoms with E-state index in [1.165, 1.54) is 34.0 Å². The zero-order chi connectivity index (χ0) is 20.9. The van der Waals surface area contributed by atoms with Crippen LogP contribution in [0.15, 0.2) is 77.7 Å². The highest BCUT2D eigenvalue weighted by Crippen LogP contribution is 2.39. The molecular weight excluding hydrogens is 390 g/mol. The number of hydrogen-bond donors (Lipinski definition) is 2. The third-order valence-corrected chi connectivity index (χ3v) is 6.21. The van der Waals surface area contributed by atoms with Crippen molar-refractivity contribution < 1.29 is 5.11 Å². The van der Waals surface area contributed by atoms with E-state index in [9.17, 15) is 5.11 Å². The summed E-state index contributed by atoms with van der Waals surface area (Å²) < 4.78 is 0. The van der Waals surface area contributed by atoms with Gasteiger partial charge in [-0.2, -0.15) is 0 Å². The Bertz CT molecular complexity index is 977. The van der Waals surface area contributed by atoms with E-state index in [1.54, 1.807) is 0 Å². The molecule has 30 heavy (non-hydrogen) atoms. The fourth-order valence-corrected chi connectivity index (χ4v) is 4.58. The number of nitrogens with one attached hydrogen (secondary N) is 1. The van der Waals surface area contributed by atoms with Gasteiger partial charge in [-0.05, 0) is 54.5 Å². The minimum Gasteiger partial charge on any atom is -0.364 e. The second kappa shape index (κ2) is 9.67. The third-order valence-electron chi connectivity index (χ3n) is 5.28. The maximum absolute atomic E-state index is 9.81. The van der Waals surface area contributed by atoms with Crippen molar-refractivity contribution in [1.29, 1.82) is 0 Å². The number of aliphatic hydroxyl groups is 1. The highest BCUT2D eigenvalue weighted by atomic mass is 32.2. The molecule has 3 aromatic carbocycles. The summed E-state index contributed by atoms with van der Waals surface area (Å²) in [6.07, 6.45) is 0. The maximum atomic E-state index is 9.81. The molecule has 0 saturated carbocycles. The van der Waals surface area contributed by atoms with E-state index < -0.39 is 5.56 Å². The van der Waals surface area contributed by atoms with Crippen LogP contribution in [0.25, 0.3) is 11.1 Å². The molecule has 5 heteroatoms. The molecular formula is C25H29N3OS. The summed E-state index contributed by atoms with van der Waals surface area (Å²) in [5.74, 6) is 0. The molecule has 0 fully saturated rings. The topological polar surface area (TPSA) is 38.7 Å². The van der Waals surface area contributed by atoms with Crippen LogP contribution >= 0.6 is 11.8 Å². The molecule has 0 aromatic heterocycles. The summed E-state index contributed by atoms with van der Waals surface area (Å²) in [4.78, 5) is 5.84. The van der Waals surface area contributed by atoms with Gasteiger partial charge in [0.05, 0.1) is 5.69 Å². The number of nitrogens with zero attached hydrogens (tertiary/aromatic N) is 2. The summed E-state index contributed by atoms with van der Waals surface area (Å²) >= 11 is 1.46. The van der Waals surface area contributed by atoms with Gasteiger partial charge in [0.2, 0.25) is 0 Å². The normalized spacial score (nSPS) is 15.4.